The van der Waals surface area contributed by atoms with E-state index in [1.165, 1.54) is 96.3 Å². The lowest BCUT2D eigenvalue weighted by atomic mass is 9.97. The minimum atomic E-state index is -1.02. The highest BCUT2D eigenvalue weighted by Gasteiger charge is 2.23. The molecule has 0 aliphatic carbocycles. The summed E-state index contributed by atoms with van der Waals surface area (Å²) in [6.07, 6.45) is 23.7. The van der Waals surface area contributed by atoms with E-state index in [2.05, 4.69) is 17.6 Å². The zero-order chi connectivity index (χ0) is 29.5. The maximum absolute atomic E-state index is 12.3. The predicted octanol–water partition coefficient (Wildman–Crippen LogP) is 8.51. The van der Waals surface area contributed by atoms with Crippen molar-refractivity contribution in [3.8, 4) is 5.75 Å². The maximum atomic E-state index is 12.3. The summed E-state index contributed by atoms with van der Waals surface area (Å²) >= 11 is 0. The van der Waals surface area contributed by atoms with Crippen LogP contribution in [-0.2, 0) is 14.4 Å². The number of amides is 1. The van der Waals surface area contributed by atoms with Crippen molar-refractivity contribution in [2.45, 2.75) is 148 Å². The van der Waals surface area contributed by atoms with E-state index in [1.807, 2.05) is 12.1 Å². The molecule has 232 valence electrons. The van der Waals surface area contributed by atoms with Crippen LogP contribution in [0, 0.1) is 0 Å². The Balaban J connectivity index is 1.43. The van der Waals surface area contributed by atoms with Crippen LogP contribution in [0.5, 0.6) is 5.75 Å². The SMILES string of the molecule is CCCCCCCCCCCCCCCCCCCC(=O)NCCC1CNc2ccc(OC(=O)CCC(=O)O)cc21. The highest BCUT2D eigenvalue weighted by atomic mass is 16.5. The third-order valence-corrected chi connectivity index (χ3v) is 8.10. The third kappa shape index (κ3) is 16.5. The average molecular weight is 573 g/mol. The van der Waals surface area contributed by atoms with E-state index in [9.17, 15) is 14.4 Å². The quantitative estimate of drug-likeness (QED) is 0.0616. The van der Waals surface area contributed by atoms with Crippen molar-refractivity contribution < 1.29 is 24.2 Å². The summed E-state index contributed by atoms with van der Waals surface area (Å²) in [6.45, 7) is 3.67. The molecular weight excluding hydrogens is 516 g/mol. The third-order valence-electron chi connectivity index (χ3n) is 8.10. The van der Waals surface area contributed by atoms with Crippen molar-refractivity contribution in [1.29, 1.82) is 0 Å². The number of benzene rings is 1. The van der Waals surface area contributed by atoms with Crippen LogP contribution < -0.4 is 15.4 Å². The number of carboxylic acid groups (broad SMARTS) is 1. The maximum Gasteiger partial charge on any atom is 0.311 e. The molecule has 1 amide bonds. The van der Waals surface area contributed by atoms with Gasteiger partial charge in [0.2, 0.25) is 5.91 Å². The number of carboxylic acids is 1. The fourth-order valence-corrected chi connectivity index (χ4v) is 5.58. The van der Waals surface area contributed by atoms with Gasteiger partial charge in [0.25, 0.3) is 0 Å². The topological polar surface area (TPSA) is 105 Å². The van der Waals surface area contributed by atoms with Crippen LogP contribution in [-0.4, -0.2) is 36.0 Å². The van der Waals surface area contributed by atoms with Crippen LogP contribution in [0.25, 0.3) is 0 Å². The van der Waals surface area contributed by atoms with Crippen LogP contribution >= 0.6 is 0 Å². The molecule has 0 radical (unpaired) electrons. The van der Waals surface area contributed by atoms with Gasteiger partial charge in [0.05, 0.1) is 12.8 Å². The summed E-state index contributed by atoms with van der Waals surface area (Å²) in [5.74, 6) is -0.795. The largest absolute Gasteiger partial charge is 0.481 e. The highest BCUT2D eigenvalue weighted by molar-refractivity contribution is 5.78. The first-order valence-corrected chi connectivity index (χ1v) is 16.6. The lowest BCUT2D eigenvalue weighted by Gasteiger charge is -2.12. The van der Waals surface area contributed by atoms with Gasteiger partial charge in [-0.25, -0.2) is 0 Å². The number of aliphatic carboxylic acids is 1. The number of anilines is 1. The number of carbonyl (C=O) groups is 3. The second-order valence-electron chi connectivity index (χ2n) is 11.7. The molecule has 0 spiro atoms. The van der Waals surface area contributed by atoms with Crippen LogP contribution in [0.3, 0.4) is 0 Å². The van der Waals surface area contributed by atoms with E-state index in [-0.39, 0.29) is 24.7 Å². The van der Waals surface area contributed by atoms with Gasteiger partial charge in [-0.05, 0) is 36.6 Å². The summed E-state index contributed by atoms with van der Waals surface area (Å²) < 4.78 is 5.31. The molecule has 1 unspecified atom stereocenters. The number of hydrogen-bond donors (Lipinski definition) is 3. The zero-order valence-electron chi connectivity index (χ0n) is 25.7. The van der Waals surface area contributed by atoms with Gasteiger partial charge in [0.15, 0.2) is 0 Å². The smallest absolute Gasteiger partial charge is 0.311 e. The Morgan fingerprint density at radius 3 is 1.93 bits per heavy atom. The molecule has 0 fully saturated rings. The number of unbranched alkanes of at least 4 members (excludes halogenated alkanes) is 16. The van der Waals surface area contributed by atoms with Gasteiger partial charge in [-0.3, -0.25) is 14.4 Å². The average Bonchev–Trinajstić information content (AvgIpc) is 3.35. The van der Waals surface area contributed by atoms with Gasteiger partial charge in [0, 0.05) is 31.1 Å². The van der Waals surface area contributed by atoms with E-state index >= 15 is 0 Å². The van der Waals surface area contributed by atoms with Crippen LogP contribution in [0.2, 0.25) is 0 Å². The van der Waals surface area contributed by atoms with Gasteiger partial charge >= 0.3 is 11.9 Å². The molecule has 7 heteroatoms. The van der Waals surface area contributed by atoms with E-state index in [0.717, 1.165) is 37.1 Å². The molecule has 0 saturated heterocycles. The Morgan fingerprint density at radius 2 is 1.37 bits per heavy atom. The van der Waals surface area contributed by atoms with Crippen molar-refractivity contribution in [3.05, 3.63) is 23.8 Å². The summed E-state index contributed by atoms with van der Waals surface area (Å²) in [5.41, 5.74) is 2.08. The Kier molecular flexibility index (Phi) is 18.7. The zero-order valence-corrected chi connectivity index (χ0v) is 25.7. The van der Waals surface area contributed by atoms with Crippen molar-refractivity contribution in [3.63, 3.8) is 0 Å². The predicted molar refractivity (Wildman–Crippen MR) is 167 cm³/mol. The molecule has 1 aromatic carbocycles. The fraction of sp³-hybridized carbons (Fsp3) is 0.735. The molecular formula is C34H56N2O5. The lowest BCUT2D eigenvalue weighted by Crippen LogP contribution is -2.25. The number of nitrogens with one attached hydrogen (secondary N) is 2. The Hall–Kier alpha value is -2.57. The fourth-order valence-electron chi connectivity index (χ4n) is 5.58. The van der Waals surface area contributed by atoms with Gasteiger partial charge in [-0.2, -0.15) is 0 Å². The molecule has 1 aliphatic rings. The van der Waals surface area contributed by atoms with E-state index in [4.69, 9.17) is 9.84 Å². The molecule has 7 nitrogen and oxygen atoms in total. The van der Waals surface area contributed by atoms with Crippen molar-refractivity contribution in [2.24, 2.45) is 0 Å². The standard InChI is InChI=1S/C34H56N2O5/c1-2-3-4-5-6-7-8-9-10-11-12-13-14-15-16-17-18-19-32(37)35-25-24-28-27-36-31-21-20-29(26-30(28)31)41-34(40)23-22-33(38)39/h20-21,26,28,36H,2-19,22-25,27H2,1H3,(H,35,37)(H,38,39). The summed E-state index contributed by atoms with van der Waals surface area (Å²) in [6, 6.07) is 5.44. The molecule has 41 heavy (non-hydrogen) atoms. The molecule has 1 aliphatic heterocycles. The lowest BCUT2D eigenvalue weighted by molar-refractivity contribution is -0.142. The highest BCUT2D eigenvalue weighted by Crippen LogP contribution is 2.36. The number of rotatable bonds is 25. The van der Waals surface area contributed by atoms with Crippen molar-refractivity contribution >= 4 is 23.5 Å². The van der Waals surface area contributed by atoms with Gasteiger partial charge in [-0.15, -0.1) is 0 Å². The van der Waals surface area contributed by atoms with Crippen LogP contribution in [0.4, 0.5) is 5.69 Å². The number of fused-ring (bicyclic) bond motifs is 1. The molecule has 1 heterocycles. The van der Waals surface area contributed by atoms with Gasteiger partial charge in [-0.1, -0.05) is 110 Å². The Labute approximate surface area is 248 Å². The first kappa shape index (κ1) is 34.6. The Morgan fingerprint density at radius 1 is 0.805 bits per heavy atom. The second kappa shape index (κ2) is 22.1. The molecule has 0 aromatic heterocycles. The molecule has 2 rings (SSSR count). The molecule has 0 bridgehead atoms. The summed E-state index contributed by atoms with van der Waals surface area (Å²) in [5, 5.41) is 15.1. The van der Waals surface area contributed by atoms with Crippen molar-refractivity contribution in [2.75, 3.05) is 18.4 Å². The van der Waals surface area contributed by atoms with Crippen LogP contribution in [0.1, 0.15) is 153 Å². The summed E-state index contributed by atoms with van der Waals surface area (Å²) in [4.78, 5) is 34.8. The Bertz CT molecular complexity index is 888. The van der Waals surface area contributed by atoms with Crippen LogP contribution in [0.15, 0.2) is 18.2 Å². The summed E-state index contributed by atoms with van der Waals surface area (Å²) in [7, 11) is 0. The first-order chi connectivity index (χ1) is 20.0. The molecule has 3 N–H and O–H groups in total. The molecule has 0 saturated carbocycles. The minimum Gasteiger partial charge on any atom is -0.481 e. The van der Waals surface area contributed by atoms with Gasteiger partial charge < -0.3 is 20.5 Å². The van der Waals surface area contributed by atoms with Gasteiger partial charge in [0.1, 0.15) is 5.75 Å². The number of esters is 1. The number of carbonyl (C=O) groups excluding carboxylic acids is 2. The van der Waals surface area contributed by atoms with E-state index < -0.39 is 11.9 Å². The minimum absolute atomic E-state index is 0.123. The molecule has 1 atom stereocenters. The normalized spacial score (nSPS) is 13.9. The van der Waals surface area contributed by atoms with E-state index in [1.54, 1.807) is 6.07 Å². The molecule has 1 aromatic rings. The first-order valence-electron chi connectivity index (χ1n) is 16.6. The monoisotopic (exact) mass is 572 g/mol. The second-order valence-corrected chi connectivity index (χ2v) is 11.7. The number of hydrogen-bond acceptors (Lipinski definition) is 5. The van der Waals surface area contributed by atoms with Crippen molar-refractivity contribution in [1.82, 2.24) is 5.32 Å². The van der Waals surface area contributed by atoms with E-state index in [0.29, 0.717) is 18.7 Å². The number of ether oxygens (including phenoxy) is 1.